The lowest BCUT2D eigenvalue weighted by atomic mass is 10.3. The van der Waals surface area contributed by atoms with Gasteiger partial charge in [0.2, 0.25) is 0 Å². The molecule has 0 fully saturated rings. The summed E-state index contributed by atoms with van der Waals surface area (Å²) in [6, 6.07) is 7.08. The predicted octanol–water partition coefficient (Wildman–Crippen LogP) is 1.44. The molecule has 0 aromatic heterocycles. The van der Waals surface area contributed by atoms with E-state index in [0.29, 0.717) is 5.69 Å². The number of anilines is 1. The molecule has 0 radical (unpaired) electrons. The fourth-order valence-electron chi connectivity index (χ4n) is 1.29. The molecular weight excluding hydrogens is 180 g/mol. The number of nitrogens with zero attached hydrogens (tertiary/aromatic N) is 3. The summed E-state index contributed by atoms with van der Waals surface area (Å²) in [5.41, 5.74) is 4.45. The number of benzene rings is 1. The first kappa shape index (κ1) is 8.68. The monoisotopic (exact) mass is 190 g/mol. The Kier molecular flexibility index (Phi) is 2.40. The van der Waals surface area contributed by atoms with Gasteiger partial charge in [-0.15, -0.1) is 4.91 Å². The Bertz CT molecular complexity index is 346. The van der Waals surface area contributed by atoms with Crippen LogP contribution in [0.4, 0.5) is 11.4 Å². The molecule has 0 amide bonds. The van der Waals surface area contributed by atoms with Crippen LogP contribution in [0.25, 0.3) is 0 Å². The molecule has 5 heteroatoms. The Hall–Kier alpha value is -1.91. The highest BCUT2D eigenvalue weighted by molar-refractivity contribution is 5.62. The van der Waals surface area contributed by atoms with Gasteiger partial charge in [-0.2, -0.15) is 0 Å². The first-order valence-corrected chi connectivity index (χ1v) is 4.35. The fourth-order valence-corrected chi connectivity index (χ4v) is 1.29. The van der Waals surface area contributed by atoms with Crippen molar-refractivity contribution in [2.75, 3.05) is 18.1 Å². The smallest absolute Gasteiger partial charge is 0.108 e. The van der Waals surface area contributed by atoms with E-state index in [4.69, 9.17) is 0 Å². The van der Waals surface area contributed by atoms with Crippen LogP contribution in [0.1, 0.15) is 0 Å². The summed E-state index contributed by atoms with van der Waals surface area (Å²) in [5, 5.41) is 4.80. The highest BCUT2D eigenvalue weighted by Crippen LogP contribution is 2.18. The van der Waals surface area contributed by atoms with Gasteiger partial charge in [0.15, 0.2) is 0 Å². The van der Waals surface area contributed by atoms with Crippen molar-refractivity contribution in [3.05, 3.63) is 29.2 Å². The first-order chi connectivity index (χ1) is 6.90. The summed E-state index contributed by atoms with van der Waals surface area (Å²) in [6.45, 7) is 1.60. The van der Waals surface area contributed by atoms with Crippen molar-refractivity contribution in [3.8, 4) is 0 Å². The van der Waals surface area contributed by atoms with Crippen LogP contribution in [0.2, 0.25) is 0 Å². The zero-order valence-corrected chi connectivity index (χ0v) is 7.55. The molecule has 0 aliphatic carbocycles. The molecule has 0 unspecified atom stereocenters. The van der Waals surface area contributed by atoms with Gasteiger partial charge in [-0.25, -0.2) is 0 Å². The Morgan fingerprint density at radius 1 is 1.36 bits per heavy atom. The normalized spacial score (nSPS) is 15.0. The molecule has 1 heterocycles. The van der Waals surface area contributed by atoms with Gasteiger partial charge in [-0.1, -0.05) is 0 Å². The maximum absolute atomic E-state index is 10.2. The number of nitrogens with one attached hydrogen (secondary N) is 1. The van der Waals surface area contributed by atoms with Crippen LogP contribution in [0.3, 0.4) is 0 Å². The van der Waals surface area contributed by atoms with Crippen LogP contribution < -0.4 is 10.4 Å². The van der Waals surface area contributed by atoms with Gasteiger partial charge < -0.3 is 0 Å². The molecule has 1 aliphatic rings. The van der Waals surface area contributed by atoms with Crippen molar-refractivity contribution in [1.82, 2.24) is 5.43 Å². The molecule has 1 aliphatic heterocycles. The highest BCUT2D eigenvalue weighted by Gasteiger charge is 2.06. The van der Waals surface area contributed by atoms with Crippen LogP contribution in [0, 0.1) is 4.91 Å². The molecule has 72 valence electrons. The van der Waals surface area contributed by atoms with Crippen LogP contribution in [0.5, 0.6) is 0 Å². The largest absolute Gasteiger partial charge is 0.288 e. The maximum Gasteiger partial charge on any atom is 0.108 e. The number of hydrogen-bond acceptors (Lipinski definition) is 5. The molecule has 2 rings (SSSR count). The van der Waals surface area contributed by atoms with Crippen LogP contribution >= 0.6 is 0 Å². The molecule has 5 nitrogen and oxygen atoms in total. The summed E-state index contributed by atoms with van der Waals surface area (Å²) in [6.07, 6.45) is 1.66. The third-order valence-corrected chi connectivity index (χ3v) is 2.02. The Morgan fingerprint density at radius 3 is 2.71 bits per heavy atom. The van der Waals surface area contributed by atoms with Crippen molar-refractivity contribution in [1.29, 1.82) is 0 Å². The van der Waals surface area contributed by atoms with E-state index in [1.807, 2.05) is 17.1 Å². The van der Waals surface area contributed by atoms with E-state index in [1.54, 1.807) is 18.5 Å². The van der Waals surface area contributed by atoms with E-state index in [2.05, 4.69) is 15.6 Å². The number of hydrogen-bond donors (Lipinski definition) is 1. The summed E-state index contributed by atoms with van der Waals surface area (Å²) >= 11 is 0. The minimum absolute atomic E-state index is 0.444. The second kappa shape index (κ2) is 3.87. The minimum atomic E-state index is 0.444. The quantitative estimate of drug-likeness (QED) is 0.718. The second-order valence-electron chi connectivity index (χ2n) is 2.92. The highest BCUT2D eigenvalue weighted by atomic mass is 16.3. The van der Waals surface area contributed by atoms with E-state index in [1.165, 1.54) is 0 Å². The Labute approximate surface area is 81.4 Å². The van der Waals surface area contributed by atoms with E-state index in [-0.39, 0.29) is 0 Å². The van der Waals surface area contributed by atoms with E-state index in [9.17, 15) is 4.91 Å². The van der Waals surface area contributed by atoms with Crippen LogP contribution in [0.15, 0.2) is 34.4 Å². The van der Waals surface area contributed by atoms with Crippen molar-refractivity contribution < 1.29 is 0 Å². The molecular formula is C9H10N4O. The molecule has 0 saturated heterocycles. The van der Waals surface area contributed by atoms with Gasteiger partial charge in [0.1, 0.15) is 12.0 Å². The topological polar surface area (TPSA) is 57.1 Å². The molecule has 0 spiro atoms. The zero-order chi connectivity index (χ0) is 9.80. The van der Waals surface area contributed by atoms with E-state index >= 15 is 0 Å². The van der Waals surface area contributed by atoms with Gasteiger partial charge in [-0.05, 0) is 29.4 Å². The summed E-state index contributed by atoms with van der Waals surface area (Å²) < 4.78 is 0. The molecule has 1 aromatic carbocycles. The molecule has 14 heavy (non-hydrogen) atoms. The van der Waals surface area contributed by atoms with Crippen molar-refractivity contribution in [2.24, 2.45) is 10.2 Å². The standard InChI is InChI=1S/C9H10N4O/c14-12-8-1-3-9(4-2-8)13-6-5-10-7-11-13/h1-4,7H,5-6H2,(H,10,11). The lowest BCUT2D eigenvalue weighted by Crippen LogP contribution is -2.42. The van der Waals surface area contributed by atoms with Gasteiger partial charge in [0.25, 0.3) is 0 Å². The molecule has 0 bridgehead atoms. The van der Waals surface area contributed by atoms with Gasteiger partial charge >= 0.3 is 0 Å². The lowest BCUT2D eigenvalue weighted by molar-refractivity contribution is 0.734. The fraction of sp³-hybridized carbons (Fsp3) is 0.222. The first-order valence-electron chi connectivity index (χ1n) is 4.35. The average molecular weight is 190 g/mol. The predicted molar refractivity (Wildman–Crippen MR) is 55.7 cm³/mol. The third kappa shape index (κ3) is 1.71. The summed E-state index contributed by atoms with van der Waals surface area (Å²) in [7, 11) is 0. The minimum Gasteiger partial charge on any atom is -0.288 e. The summed E-state index contributed by atoms with van der Waals surface area (Å²) in [5.74, 6) is 0. The van der Waals surface area contributed by atoms with Crippen molar-refractivity contribution in [3.63, 3.8) is 0 Å². The SMILES string of the molecule is O=Nc1ccc(N2CCN=CN2)cc1. The molecule has 1 N–H and O–H groups in total. The Morgan fingerprint density at radius 2 is 2.14 bits per heavy atom. The molecule has 0 saturated carbocycles. The lowest BCUT2D eigenvalue weighted by Gasteiger charge is -2.25. The number of nitroso groups, excluding NO2 is 1. The second-order valence-corrected chi connectivity index (χ2v) is 2.92. The molecule has 1 aromatic rings. The third-order valence-electron chi connectivity index (χ3n) is 2.02. The van der Waals surface area contributed by atoms with Gasteiger partial charge in [-0.3, -0.25) is 15.4 Å². The summed E-state index contributed by atoms with van der Waals surface area (Å²) in [4.78, 5) is 14.2. The van der Waals surface area contributed by atoms with E-state index in [0.717, 1.165) is 18.8 Å². The zero-order valence-electron chi connectivity index (χ0n) is 7.55. The van der Waals surface area contributed by atoms with Gasteiger partial charge in [0, 0.05) is 0 Å². The number of aliphatic imine (C=N–C) groups is 1. The maximum atomic E-state index is 10.2. The number of hydrazine groups is 1. The van der Waals surface area contributed by atoms with E-state index < -0.39 is 0 Å². The van der Waals surface area contributed by atoms with Crippen LogP contribution in [-0.4, -0.2) is 19.4 Å². The van der Waals surface area contributed by atoms with Gasteiger partial charge in [0.05, 0.1) is 18.8 Å². The average Bonchev–Trinajstić information content (AvgIpc) is 2.30. The van der Waals surface area contributed by atoms with Crippen molar-refractivity contribution in [2.45, 2.75) is 0 Å². The van der Waals surface area contributed by atoms with Crippen LogP contribution in [-0.2, 0) is 0 Å². The van der Waals surface area contributed by atoms with Crippen molar-refractivity contribution >= 4 is 17.7 Å². The number of rotatable bonds is 2. The molecule has 0 atom stereocenters. The Balaban J connectivity index is 2.15.